The minimum atomic E-state index is -3.83. The second kappa shape index (κ2) is 10.6. The van der Waals surface area contributed by atoms with Gasteiger partial charge in [-0.25, -0.2) is 16.8 Å². The third kappa shape index (κ3) is 6.48. The fourth-order valence-electron chi connectivity index (χ4n) is 3.33. The van der Waals surface area contributed by atoms with E-state index in [4.69, 9.17) is 11.6 Å². The largest absolute Gasteiger partial charge is 0.322 e. The first-order valence-electron chi connectivity index (χ1n) is 10.9. The highest BCUT2D eigenvalue weighted by Gasteiger charge is 2.18. The van der Waals surface area contributed by atoms with Gasteiger partial charge in [-0.2, -0.15) is 0 Å². The monoisotopic (exact) mass is 555 g/mol. The van der Waals surface area contributed by atoms with Crippen LogP contribution in [0.4, 0.5) is 17.1 Å². The summed E-state index contributed by atoms with van der Waals surface area (Å²) in [5.74, 6) is -0.545. The van der Waals surface area contributed by atoms with Crippen molar-refractivity contribution in [3.05, 3.63) is 113 Å². The molecule has 0 spiro atoms. The number of carbonyl (C=O) groups is 1. The Labute approximate surface area is 220 Å². The molecule has 4 rings (SSSR count). The summed E-state index contributed by atoms with van der Waals surface area (Å²) in [6.07, 6.45) is 0. The van der Waals surface area contributed by atoms with Gasteiger partial charge in [-0.3, -0.25) is 14.2 Å². The molecule has 11 heteroatoms. The van der Waals surface area contributed by atoms with Crippen LogP contribution in [0.1, 0.15) is 15.9 Å². The van der Waals surface area contributed by atoms with Crippen LogP contribution in [0.25, 0.3) is 0 Å². The van der Waals surface area contributed by atoms with Gasteiger partial charge in [0.1, 0.15) is 0 Å². The van der Waals surface area contributed by atoms with Crippen molar-refractivity contribution in [1.82, 2.24) is 0 Å². The minimum absolute atomic E-state index is 0.0256. The Morgan fingerprint density at radius 3 is 1.73 bits per heavy atom. The highest BCUT2D eigenvalue weighted by atomic mass is 35.5. The van der Waals surface area contributed by atoms with Crippen LogP contribution in [0, 0.1) is 6.92 Å². The van der Waals surface area contributed by atoms with E-state index in [1.165, 1.54) is 54.6 Å². The van der Waals surface area contributed by atoms with E-state index in [1.807, 2.05) is 6.92 Å². The van der Waals surface area contributed by atoms with E-state index >= 15 is 0 Å². The molecule has 8 nitrogen and oxygen atoms in total. The Balaban J connectivity index is 1.44. The van der Waals surface area contributed by atoms with Crippen LogP contribution in [0.5, 0.6) is 0 Å². The molecule has 0 heterocycles. The van der Waals surface area contributed by atoms with Gasteiger partial charge in [0.05, 0.1) is 26.1 Å². The number of para-hydroxylation sites is 1. The number of carbonyl (C=O) groups excluding carboxylic acids is 1. The topological polar surface area (TPSA) is 121 Å². The highest BCUT2D eigenvalue weighted by Crippen LogP contribution is 2.25. The van der Waals surface area contributed by atoms with Crippen molar-refractivity contribution < 1.29 is 21.6 Å². The molecule has 0 bridgehead atoms. The lowest BCUT2D eigenvalue weighted by molar-refractivity contribution is 0.102. The summed E-state index contributed by atoms with van der Waals surface area (Å²) in [6.45, 7) is 1.85. The maximum Gasteiger partial charge on any atom is 0.261 e. The van der Waals surface area contributed by atoms with Gasteiger partial charge in [0.25, 0.3) is 26.0 Å². The maximum absolute atomic E-state index is 12.7. The summed E-state index contributed by atoms with van der Waals surface area (Å²) in [5, 5.41) is 2.68. The first-order chi connectivity index (χ1) is 17.5. The number of amides is 1. The van der Waals surface area contributed by atoms with E-state index in [1.54, 1.807) is 42.5 Å². The number of anilines is 3. The number of sulfonamides is 2. The molecule has 3 N–H and O–H groups in total. The van der Waals surface area contributed by atoms with Crippen LogP contribution in [0.3, 0.4) is 0 Å². The number of hydrogen-bond acceptors (Lipinski definition) is 5. The Hall–Kier alpha value is -3.86. The number of nitrogens with one attached hydrogen (secondary N) is 3. The standard InChI is InChI=1S/C26H22ClN3O5S2/c1-18-7-12-22(13-8-18)37(34,35)30-21-11-16-24(25(27)17-21)26(31)28-19-9-14-23(15-10-19)36(32,33)29-20-5-3-2-4-6-20/h2-17,29-30H,1H3,(H,28,31). The van der Waals surface area contributed by atoms with Crippen molar-refractivity contribution in [3.8, 4) is 0 Å². The first kappa shape index (κ1) is 26.2. The van der Waals surface area contributed by atoms with Gasteiger partial charge in [0, 0.05) is 11.4 Å². The van der Waals surface area contributed by atoms with Gasteiger partial charge in [0.2, 0.25) is 0 Å². The van der Waals surface area contributed by atoms with E-state index in [2.05, 4.69) is 14.8 Å². The predicted molar refractivity (Wildman–Crippen MR) is 145 cm³/mol. The van der Waals surface area contributed by atoms with Crippen LogP contribution >= 0.6 is 11.6 Å². The SMILES string of the molecule is Cc1ccc(S(=O)(=O)Nc2ccc(C(=O)Nc3ccc(S(=O)(=O)Nc4ccccc4)cc3)c(Cl)c2)cc1. The molecule has 0 aliphatic rings. The number of halogens is 1. The number of hydrogen-bond donors (Lipinski definition) is 3. The molecule has 4 aromatic rings. The van der Waals surface area contributed by atoms with E-state index < -0.39 is 26.0 Å². The lowest BCUT2D eigenvalue weighted by atomic mass is 10.2. The molecule has 0 aliphatic carbocycles. The average Bonchev–Trinajstić information content (AvgIpc) is 2.85. The Morgan fingerprint density at radius 2 is 1.16 bits per heavy atom. The molecular weight excluding hydrogens is 534 g/mol. The van der Waals surface area contributed by atoms with Crippen molar-refractivity contribution in [2.45, 2.75) is 16.7 Å². The van der Waals surface area contributed by atoms with Crippen molar-refractivity contribution in [1.29, 1.82) is 0 Å². The molecule has 190 valence electrons. The van der Waals surface area contributed by atoms with Crippen LogP contribution in [0.2, 0.25) is 5.02 Å². The molecule has 0 aromatic heterocycles. The molecule has 4 aromatic carbocycles. The average molecular weight is 556 g/mol. The molecule has 0 unspecified atom stereocenters. The Kier molecular flexibility index (Phi) is 7.53. The summed E-state index contributed by atoms with van der Waals surface area (Å²) in [7, 11) is -7.63. The van der Waals surface area contributed by atoms with Gasteiger partial charge in [0.15, 0.2) is 0 Å². The fraction of sp³-hybridized carbons (Fsp3) is 0.0385. The van der Waals surface area contributed by atoms with Gasteiger partial charge in [-0.05, 0) is 73.7 Å². The Morgan fingerprint density at radius 1 is 0.649 bits per heavy atom. The van der Waals surface area contributed by atoms with Crippen molar-refractivity contribution in [2.75, 3.05) is 14.8 Å². The molecule has 1 amide bonds. The highest BCUT2D eigenvalue weighted by molar-refractivity contribution is 7.93. The summed E-state index contributed by atoms with van der Waals surface area (Å²) in [5.41, 5.74) is 2.02. The second-order valence-electron chi connectivity index (χ2n) is 8.06. The zero-order valence-electron chi connectivity index (χ0n) is 19.5. The summed E-state index contributed by atoms with van der Waals surface area (Å²) < 4.78 is 55.3. The Bertz CT molecular complexity index is 1640. The lowest BCUT2D eigenvalue weighted by Gasteiger charge is -2.12. The van der Waals surface area contributed by atoms with Crippen LogP contribution < -0.4 is 14.8 Å². The molecule has 0 radical (unpaired) electrons. The van der Waals surface area contributed by atoms with Crippen LogP contribution in [-0.4, -0.2) is 22.7 Å². The minimum Gasteiger partial charge on any atom is -0.322 e. The molecule has 0 saturated heterocycles. The molecule has 0 aliphatic heterocycles. The third-order valence-electron chi connectivity index (χ3n) is 5.25. The van der Waals surface area contributed by atoms with Crippen molar-refractivity contribution in [3.63, 3.8) is 0 Å². The van der Waals surface area contributed by atoms with E-state index in [9.17, 15) is 21.6 Å². The zero-order valence-corrected chi connectivity index (χ0v) is 21.9. The lowest BCUT2D eigenvalue weighted by Crippen LogP contribution is -2.15. The van der Waals surface area contributed by atoms with Crippen molar-refractivity contribution >= 4 is 54.6 Å². The first-order valence-corrected chi connectivity index (χ1v) is 14.3. The fourth-order valence-corrected chi connectivity index (χ4v) is 5.70. The quantitative estimate of drug-likeness (QED) is 0.265. The normalized spacial score (nSPS) is 11.5. The molecule has 0 saturated carbocycles. The summed E-state index contributed by atoms with van der Waals surface area (Å²) in [4.78, 5) is 12.9. The number of rotatable bonds is 8. The molecule has 0 fully saturated rings. The maximum atomic E-state index is 12.7. The molecule has 0 atom stereocenters. The van der Waals surface area contributed by atoms with Gasteiger partial charge >= 0.3 is 0 Å². The van der Waals surface area contributed by atoms with E-state index in [0.29, 0.717) is 11.4 Å². The third-order valence-corrected chi connectivity index (χ3v) is 8.35. The van der Waals surface area contributed by atoms with E-state index in [0.717, 1.165) is 5.56 Å². The second-order valence-corrected chi connectivity index (χ2v) is 11.8. The zero-order chi connectivity index (χ0) is 26.6. The number of benzene rings is 4. The predicted octanol–water partition coefficient (Wildman–Crippen LogP) is 5.50. The van der Waals surface area contributed by atoms with Gasteiger partial charge in [-0.15, -0.1) is 0 Å². The molecule has 37 heavy (non-hydrogen) atoms. The van der Waals surface area contributed by atoms with Gasteiger partial charge in [-0.1, -0.05) is 47.5 Å². The smallest absolute Gasteiger partial charge is 0.261 e. The van der Waals surface area contributed by atoms with Crippen molar-refractivity contribution in [2.24, 2.45) is 0 Å². The van der Waals surface area contributed by atoms with Crippen LogP contribution in [-0.2, 0) is 20.0 Å². The summed E-state index contributed by atoms with van der Waals surface area (Å²) >= 11 is 6.26. The van der Waals surface area contributed by atoms with E-state index in [-0.39, 0.29) is 26.1 Å². The van der Waals surface area contributed by atoms with Crippen LogP contribution in [0.15, 0.2) is 107 Å². The number of aryl methyl sites for hydroxylation is 1. The summed E-state index contributed by atoms with van der Waals surface area (Å²) in [6, 6.07) is 24.7. The molecular formula is C26H22ClN3O5S2. The van der Waals surface area contributed by atoms with Gasteiger partial charge < -0.3 is 5.32 Å².